The molecule has 0 radical (unpaired) electrons. The number of nitrogens with zero attached hydrogens (tertiary/aromatic N) is 1. The van der Waals surface area contributed by atoms with E-state index in [1.165, 1.54) is 22.3 Å². The van der Waals surface area contributed by atoms with E-state index in [0.717, 1.165) is 5.02 Å². The zero-order valence-corrected chi connectivity index (χ0v) is 11.6. The second kappa shape index (κ2) is 5.51. The van der Waals surface area contributed by atoms with E-state index in [-0.39, 0.29) is 6.04 Å². The Morgan fingerprint density at radius 1 is 1.17 bits per heavy atom. The van der Waals surface area contributed by atoms with Gasteiger partial charge in [0.2, 0.25) is 0 Å². The van der Waals surface area contributed by atoms with Crippen molar-refractivity contribution in [2.75, 3.05) is 7.05 Å². The molecule has 0 aliphatic rings. The van der Waals surface area contributed by atoms with Crippen molar-refractivity contribution in [2.24, 2.45) is 0 Å². The van der Waals surface area contributed by atoms with Crippen LogP contribution >= 0.6 is 11.6 Å². The van der Waals surface area contributed by atoms with E-state index >= 15 is 0 Å². The molecule has 18 heavy (non-hydrogen) atoms. The standard InChI is InChI=1S/C15H17ClN2/c1-10-6-12(9-18-8-10)15(17-3)14-5-4-13(16)7-11(14)2/h4-9,15,17H,1-3H3. The van der Waals surface area contributed by atoms with Crippen LogP contribution in [0.5, 0.6) is 0 Å². The minimum atomic E-state index is 0.148. The lowest BCUT2D eigenvalue weighted by Crippen LogP contribution is -2.19. The van der Waals surface area contributed by atoms with E-state index in [0.29, 0.717) is 0 Å². The van der Waals surface area contributed by atoms with Gasteiger partial charge >= 0.3 is 0 Å². The van der Waals surface area contributed by atoms with Crippen LogP contribution in [0.2, 0.25) is 5.02 Å². The van der Waals surface area contributed by atoms with Crippen LogP contribution in [0.1, 0.15) is 28.3 Å². The highest BCUT2D eigenvalue weighted by Crippen LogP contribution is 2.26. The third kappa shape index (κ3) is 2.71. The zero-order valence-electron chi connectivity index (χ0n) is 10.9. The molecule has 1 aromatic heterocycles. The van der Waals surface area contributed by atoms with E-state index in [2.05, 4.69) is 36.3 Å². The van der Waals surface area contributed by atoms with Crippen LogP contribution in [0.3, 0.4) is 0 Å². The molecule has 0 amide bonds. The minimum Gasteiger partial charge on any atom is -0.309 e. The fraction of sp³-hybridized carbons (Fsp3) is 0.267. The maximum Gasteiger partial charge on any atom is 0.0592 e. The summed E-state index contributed by atoms with van der Waals surface area (Å²) >= 11 is 6.00. The predicted octanol–water partition coefficient (Wildman–Crippen LogP) is 3.66. The molecule has 3 heteroatoms. The Labute approximate surface area is 113 Å². The highest BCUT2D eigenvalue weighted by Gasteiger charge is 2.14. The van der Waals surface area contributed by atoms with Gasteiger partial charge in [-0.15, -0.1) is 0 Å². The van der Waals surface area contributed by atoms with Gasteiger partial charge in [-0.1, -0.05) is 23.7 Å². The maximum absolute atomic E-state index is 6.00. The molecule has 1 heterocycles. The van der Waals surface area contributed by atoms with E-state index in [1.807, 2.05) is 31.6 Å². The smallest absolute Gasteiger partial charge is 0.0592 e. The lowest BCUT2D eigenvalue weighted by Gasteiger charge is -2.19. The summed E-state index contributed by atoms with van der Waals surface area (Å²) in [7, 11) is 1.96. The van der Waals surface area contributed by atoms with Crippen molar-refractivity contribution in [3.8, 4) is 0 Å². The molecule has 2 nitrogen and oxygen atoms in total. The van der Waals surface area contributed by atoms with E-state index in [4.69, 9.17) is 11.6 Å². The molecule has 0 aliphatic carbocycles. The van der Waals surface area contributed by atoms with Crippen LogP contribution in [0.4, 0.5) is 0 Å². The van der Waals surface area contributed by atoms with Crippen LogP contribution in [-0.4, -0.2) is 12.0 Å². The van der Waals surface area contributed by atoms with Gasteiger partial charge in [-0.2, -0.15) is 0 Å². The first-order chi connectivity index (χ1) is 8.61. The second-order valence-corrected chi connectivity index (χ2v) is 4.95. The average Bonchev–Trinajstić information content (AvgIpc) is 2.33. The molecule has 1 unspecified atom stereocenters. The first kappa shape index (κ1) is 13.1. The van der Waals surface area contributed by atoms with Crippen LogP contribution in [-0.2, 0) is 0 Å². The van der Waals surface area contributed by atoms with Gasteiger partial charge in [-0.3, -0.25) is 4.98 Å². The summed E-state index contributed by atoms with van der Waals surface area (Å²) in [6, 6.07) is 8.29. The molecule has 2 rings (SSSR count). The van der Waals surface area contributed by atoms with Gasteiger partial charge in [0.25, 0.3) is 0 Å². The van der Waals surface area contributed by atoms with Crippen molar-refractivity contribution in [3.05, 3.63) is 63.9 Å². The van der Waals surface area contributed by atoms with Gasteiger partial charge < -0.3 is 5.32 Å². The Balaban J connectivity index is 2.45. The molecule has 0 bridgehead atoms. The molecule has 0 saturated carbocycles. The van der Waals surface area contributed by atoms with E-state index in [1.54, 1.807) is 0 Å². The van der Waals surface area contributed by atoms with E-state index in [9.17, 15) is 0 Å². The first-order valence-corrected chi connectivity index (χ1v) is 6.34. The molecule has 1 atom stereocenters. The van der Waals surface area contributed by atoms with Gasteiger partial charge in [-0.25, -0.2) is 0 Å². The highest BCUT2D eigenvalue weighted by molar-refractivity contribution is 6.30. The predicted molar refractivity (Wildman–Crippen MR) is 76.1 cm³/mol. The summed E-state index contributed by atoms with van der Waals surface area (Å²) in [6.07, 6.45) is 3.77. The minimum absolute atomic E-state index is 0.148. The average molecular weight is 261 g/mol. The molecule has 94 valence electrons. The Morgan fingerprint density at radius 3 is 2.56 bits per heavy atom. The van der Waals surface area contributed by atoms with Crippen molar-refractivity contribution in [1.29, 1.82) is 0 Å². The SMILES string of the molecule is CNC(c1cncc(C)c1)c1ccc(Cl)cc1C. The van der Waals surface area contributed by atoms with Crippen molar-refractivity contribution < 1.29 is 0 Å². The van der Waals surface area contributed by atoms with Gasteiger partial charge in [0.05, 0.1) is 6.04 Å². The molecule has 1 N–H and O–H groups in total. The fourth-order valence-electron chi connectivity index (χ4n) is 2.20. The number of nitrogens with one attached hydrogen (secondary N) is 1. The number of hydrogen-bond donors (Lipinski definition) is 1. The lowest BCUT2D eigenvalue weighted by atomic mass is 9.95. The number of aromatic nitrogens is 1. The Kier molecular flexibility index (Phi) is 4.00. The van der Waals surface area contributed by atoms with Crippen molar-refractivity contribution in [2.45, 2.75) is 19.9 Å². The van der Waals surface area contributed by atoms with Crippen LogP contribution in [0.15, 0.2) is 36.7 Å². The van der Waals surface area contributed by atoms with Crippen molar-refractivity contribution in [3.63, 3.8) is 0 Å². The second-order valence-electron chi connectivity index (χ2n) is 4.52. The number of aryl methyl sites for hydroxylation is 2. The molecule has 0 aliphatic heterocycles. The number of hydrogen-bond acceptors (Lipinski definition) is 2. The molecule has 0 spiro atoms. The normalized spacial score (nSPS) is 12.4. The fourth-order valence-corrected chi connectivity index (χ4v) is 2.43. The maximum atomic E-state index is 6.00. The Morgan fingerprint density at radius 2 is 1.94 bits per heavy atom. The summed E-state index contributed by atoms with van der Waals surface area (Å²) in [4.78, 5) is 4.26. The number of pyridine rings is 1. The summed E-state index contributed by atoms with van der Waals surface area (Å²) in [5.41, 5.74) is 4.75. The summed E-state index contributed by atoms with van der Waals surface area (Å²) < 4.78 is 0. The van der Waals surface area contributed by atoms with Gasteiger partial charge in [-0.05, 0) is 55.3 Å². The van der Waals surface area contributed by atoms with Gasteiger partial charge in [0.15, 0.2) is 0 Å². The third-order valence-electron chi connectivity index (χ3n) is 3.06. The Hall–Kier alpha value is -1.38. The molecular formula is C15H17ClN2. The monoisotopic (exact) mass is 260 g/mol. The molecule has 0 fully saturated rings. The Bertz CT molecular complexity index is 552. The quantitative estimate of drug-likeness (QED) is 0.911. The molecule has 0 saturated heterocycles. The van der Waals surface area contributed by atoms with Crippen LogP contribution in [0.25, 0.3) is 0 Å². The lowest BCUT2D eigenvalue weighted by molar-refractivity contribution is 0.684. The molecular weight excluding hydrogens is 244 g/mol. The van der Waals surface area contributed by atoms with Gasteiger partial charge in [0, 0.05) is 17.4 Å². The molecule has 1 aromatic carbocycles. The topological polar surface area (TPSA) is 24.9 Å². The summed E-state index contributed by atoms with van der Waals surface area (Å²) in [5, 5.41) is 4.11. The number of halogens is 1. The zero-order chi connectivity index (χ0) is 13.1. The summed E-state index contributed by atoms with van der Waals surface area (Å²) in [5.74, 6) is 0. The highest BCUT2D eigenvalue weighted by atomic mass is 35.5. The van der Waals surface area contributed by atoms with Crippen molar-refractivity contribution >= 4 is 11.6 Å². The number of benzene rings is 1. The summed E-state index contributed by atoms with van der Waals surface area (Å²) in [6.45, 7) is 4.13. The number of rotatable bonds is 3. The third-order valence-corrected chi connectivity index (χ3v) is 3.30. The van der Waals surface area contributed by atoms with E-state index < -0.39 is 0 Å². The molecule has 2 aromatic rings. The van der Waals surface area contributed by atoms with Gasteiger partial charge in [0.1, 0.15) is 0 Å². The van der Waals surface area contributed by atoms with Crippen LogP contribution < -0.4 is 5.32 Å². The largest absolute Gasteiger partial charge is 0.309 e. The van der Waals surface area contributed by atoms with Crippen molar-refractivity contribution in [1.82, 2.24) is 10.3 Å². The first-order valence-electron chi connectivity index (χ1n) is 5.96. The van der Waals surface area contributed by atoms with Crippen LogP contribution in [0, 0.1) is 13.8 Å².